The summed E-state index contributed by atoms with van der Waals surface area (Å²) in [6.45, 7) is 1.94. The molecule has 0 spiro atoms. The molecule has 2 fully saturated rings. The van der Waals surface area contributed by atoms with Crippen LogP contribution in [0.2, 0.25) is 0 Å². The van der Waals surface area contributed by atoms with Gasteiger partial charge in [-0.3, -0.25) is 4.90 Å². The van der Waals surface area contributed by atoms with E-state index in [9.17, 15) is 4.39 Å². The van der Waals surface area contributed by atoms with Crippen molar-refractivity contribution in [3.63, 3.8) is 0 Å². The lowest BCUT2D eigenvalue weighted by molar-refractivity contribution is 0.241. The molecule has 0 N–H and O–H groups in total. The maximum atomic E-state index is 13.8. The molecule has 1 aromatic rings. The van der Waals surface area contributed by atoms with Gasteiger partial charge in [0.15, 0.2) is 0 Å². The van der Waals surface area contributed by atoms with E-state index in [1.807, 2.05) is 12.1 Å². The Morgan fingerprint density at radius 2 is 2.00 bits per heavy atom. The lowest BCUT2D eigenvalue weighted by Crippen LogP contribution is -2.28. The number of benzene rings is 1. The van der Waals surface area contributed by atoms with Crippen molar-refractivity contribution >= 4 is 15.9 Å². The Balaban J connectivity index is 1.69. The zero-order valence-electron chi connectivity index (χ0n) is 9.83. The monoisotopic (exact) mass is 297 g/mol. The Bertz CT molecular complexity index is 413. The molecule has 2 aliphatic rings. The lowest BCUT2D eigenvalue weighted by Gasteiger charge is -2.22. The van der Waals surface area contributed by atoms with Gasteiger partial charge in [0.25, 0.3) is 0 Å². The molecule has 0 heterocycles. The maximum absolute atomic E-state index is 13.8. The third kappa shape index (κ3) is 3.08. The fraction of sp³-hybridized carbons (Fsp3) is 0.571. The Morgan fingerprint density at radius 3 is 2.59 bits per heavy atom. The van der Waals surface area contributed by atoms with Crippen molar-refractivity contribution < 1.29 is 4.39 Å². The highest BCUT2D eigenvalue weighted by Gasteiger charge is 2.33. The second kappa shape index (κ2) is 4.69. The smallest absolute Gasteiger partial charge is 0.128 e. The number of halogens is 2. The molecule has 0 saturated heterocycles. The highest BCUT2D eigenvalue weighted by molar-refractivity contribution is 9.10. The molecule has 0 atom stereocenters. The van der Waals surface area contributed by atoms with Gasteiger partial charge in [-0.1, -0.05) is 22.0 Å². The predicted molar refractivity (Wildman–Crippen MR) is 70.3 cm³/mol. The second-order valence-electron chi connectivity index (χ2n) is 5.34. The normalized spacial score (nSPS) is 19.9. The van der Waals surface area contributed by atoms with Crippen molar-refractivity contribution in [2.45, 2.75) is 38.3 Å². The van der Waals surface area contributed by atoms with Crippen molar-refractivity contribution in [1.29, 1.82) is 0 Å². The van der Waals surface area contributed by atoms with Crippen LogP contribution in [0.3, 0.4) is 0 Å². The van der Waals surface area contributed by atoms with Crippen molar-refractivity contribution in [2.75, 3.05) is 6.54 Å². The fourth-order valence-corrected chi connectivity index (χ4v) is 2.62. The van der Waals surface area contributed by atoms with E-state index in [2.05, 4.69) is 20.8 Å². The molecule has 0 aliphatic heterocycles. The molecule has 0 amide bonds. The molecule has 1 nitrogen and oxygen atoms in total. The summed E-state index contributed by atoms with van der Waals surface area (Å²) in [6, 6.07) is 6.12. The molecular formula is C14H17BrFN. The van der Waals surface area contributed by atoms with Crippen LogP contribution in [0, 0.1) is 11.7 Å². The van der Waals surface area contributed by atoms with E-state index in [4.69, 9.17) is 0 Å². The van der Waals surface area contributed by atoms with Gasteiger partial charge in [0.05, 0.1) is 0 Å². The minimum atomic E-state index is -0.0826. The van der Waals surface area contributed by atoms with Gasteiger partial charge in [-0.05, 0) is 43.7 Å². The molecule has 92 valence electrons. The molecule has 17 heavy (non-hydrogen) atoms. The second-order valence-corrected chi connectivity index (χ2v) is 6.26. The minimum absolute atomic E-state index is 0.0826. The lowest BCUT2D eigenvalue weighted by atomic mass is 10.2. The van der Waals surface area contributed by atoms with E-state index >= 15 is 0 Å². The van der Waals surface area contributed by atoms with Gasteiger partial charge in [0.2, 0.25) is 0 Å². The zero-order valence-corrected chi connectivity index (χ0v) is 11.4. The van der Waals surface area contributed by atoms with Crippen LogP contribution in [0.4, 0.5) is 4.39 Å². The summed E-state index contributed by atoms with van der Waals surface area (Å²) in [6.07, 6.45) is 5.33. The van der Waals surface area contributed by atoms with E-state index in [-0.39, 0.29) is 5.82 Å². The summed E-state index contributed by atoms with van der Waals surface area (Å²) in [4.78, 5) is 2.48. The molecule has 2 saturated carbocycles. The summed E-state index contributed by atoms with van der Waals surface area (Å²) in [5, 5.41) is 0. The van der Waals surface area contributed by atoms with Gasteiger partial charge in [-0.25, -0.2) is 4.39 Å². The fourth-order valence-electron chi connectivity index (χ4n) is 2.28. The van der Waals surface area contributed by atoms with Crippen molar-refractivity contribution in [2.24, 2.45) is 5.92 Å². The molecular weight excluding hydrogens is 281 g/mol. The molecule has 3 rings (SSSR count). The predicted octanol–water partition coefficient (Wildman–Crippen LogP) is 3.96. The summed E-state index contributed by atoms with van der Waals surface area (Å²) in [5.74, 6) is 0.801. The summed E-state index contributed by atoms with van der Waals surface area (Å²) in [5.41, 5.74) is 0.834. The maximum Gasteiger partial charge on any atom is 0.128 e. The Kier molecular flexibility index (Phi) is 3.22. The molecule has 0 radical (unpaired) electrons. The third-order valence-electron chi connectivity index (χ3n) is 3.64. The quantitative estimate of drug-likeness (QED) is 0.795. The first-order valence-corrected chi connectivity index (χ1v) is 7.19. The summed E-state index contributed by atoms with van der Waals surface area (Å²) in [7, 11) is 0. The van der Waals surface area contributed by atoms with Gasteiger partial charge >= 0.3 is 0 Å². The number of hydrogen-bond donors (Lipinski definition) is 0. The van der Waals surface area contributed by atoms with Crippen LogP contribution in [-0.2, 0) is 6.54 Å². The third-order valence-corrected chi connectivity index (χ3v) is 4.13. The van der Waals surface area contributed by atoms with E-state index in [0.717, 1.165) is 28.5 Å². The summed E-state index contributed by atoms with van der Waals surface area (Å²) < 4.78 is 14.6. The Hall–Kier alpha value is -0.410. The Labute approximate surface area is 110 Å². The molecule has 1 aromatic carbocycles. The van der Waals surface area contributed by atoms with Crippen molar-refractivity contribution in [3.05, 3.63) is 34.1 Å². The molecule has 0 bridgehead atoms. The standard InChI is InChI=1S/C14H17BrFN/c15-12-4-3-11(14(16)7-12)9-17(13-5-6-13)8-10-1-2-10/h3-4,7,10,13H,1-2,5-6,8-9H2. The van der Waals surface area contributed by atoms with Crippen LogP contribution in [0.5, 0.6) is 0 Å². The average Bonchev–Trinajstić information content (AvgIpc) is 3.14. The van der Waals surface area contributed by atoms with Gasteiger partial charge in [0.1, 0.15) is 5.82 Å². The van der Waals surface area contributed by atoms with E-state index in [1.54, 1.807) is 6.07 Å². The van der Waals surface area contributed by atoms with Crippen LogP contribution < -0.4 is 0 Å². The number of rotatable bonds is 5. The number of hydrogen-bond acceptors (Lipinski definition) is 1. The zero-order chi connectivity index (χ0) is 11.8. The van der Waals surface area contributed by atoms with Gasteiger partial charge in [-0.2, -0.15) is 0 Å². The molecule has 0 unspecified atom stereocenters. The van der Waals surface area contributed by atoms with Crippen LogP contribution in [0.1, 0.15) is 31.2 Å². The van der Waals surface area contributed by atoms with Crippen LogP contribution in [0.15, 0.2) is 22.7 Å². The van der Waals surface area contributed by atoms with Gasteiger partial charge in [0, 0.05) is 29.2 Å². The SMILES string of the molecule is Fc1cc(Br)ccc1CN(CC1CC1)C1CC1. The van der Waals surface area contributed by atoms with Crippen molar-refractivity contribution in [3.8, 4) is 0 Å². The first-order valence-electron chi connectivity index (χ1n) is 6.40. The topological polar surface area (TPSA) is 3.24 Å². The molecule has 2 aliphatic carbocycles. The highest BCUT2D eigenvalue weighted by Crippen LogP contribution is 2.35. The van der Waals surface area contributed by atoms with E-state index in [1.165, 1.54) is 32.2 Å². The van der Waals surface area contributed by atoms with E-state index < -0.39 is 0 Å². The average molecular weight is 298 g/mol. The Morgan fingerprint density at radius 1 is 1.24 bits per heavy atom. The number of nitrogens with zero attached hydrogens (tertiary/aromatic N) is 1. The van der Waals surface area contributed by atoms with Gasteiger partial charge < -0.3 is 0 Å². The van der Waals surface area contributed by atoms with Crippen LogP contribution in [0.25, 0.3) is 0 Å². The van der Waals surface area contributed by atoms with Crippen LogP contribution >= 0.6 is 15.9 Å². The first-order chi connectivity index (χ1) is 8.22. The largest absolute Gasteiger partial charge is 0.296 e. The summed E-state index contributed by atoms with van der Waals surface area (Å²) >= 11 is 3.30. The molecule has 0 aromatic heterocycles. The van der Waals surface area contributed by atoms with Crippen LogP contribution in [-0.4, -0.2) is 17.5 Å². The first kappa shape index (κ1) is 11.7. The minimum Gasteiger partial charge on any atom is -0.296 e. The van der Waals surface area contributed by atoms with Gasteiger partial charge in [-0.15, -0.1) is 0 Å². The van der Waals surface area contributed by atoms with E-state index in [0.29, 0.717) is 0 Å². The van der Waals surface area contributed by atoms with Crippen molar-refractivity contribution in [1.82, 2.24) is 4.90 Å². The molecule has 3 heteroatoms. The highest BCUT2D eigenvalue weighted by atomic mass is 79.9.